The van der Waals surface area contributed by atoms with Gasteiger partial charge in [0.15, 0.2) is 11.0 Å². The van der Waals surface area contributed by atoms with E-state index in [1.165, 1.54) is 0 Å². The largest absolute Gasteiger partial charge is 0.480 e. The van der Waals surface area contributed by atoms with E-state index < -0.39 is 29.6 Å². The predicted molar refractivity (Wildman–Crippen MR) is 128 cm³/mol. The van der Waals surface area contributed by atoms with Gasteiger partial charge in [-0.05, 0) is 65.9 Å². The molecule has 1 unspecified atom stereocenters. The van der Waals surface area contributed by atoms with E-state index in [-0.39, 0.29) is 0 Å². The lowest BCUT2D eigenvalue weighted by Gasteiger charge is -2.13. The lowest BCUT2D eigenvalue weighted by Crippen LogP contribution is -2.39. The van der Waals surface area contributed by atoms with Crippen LogP contribution in [0.2, 0.25) is 5.02 Å². The molecule has 0 heterocycles. The minimum absolute atomic E-state index is 0.332. The Morgan fingerprint density at radius 3 is 2.41 bits per heavy atom. The SMILES string of the molecule is Cc1cc(S(=O)Nc2cccc(-c3ccc(CN[C@H](CO)C(=O)O)cc3)c2)c(C)cc1Cl. The highest BCUT2D eigenvalue weighted by Crippen LogP contribution is 2.26. The van der Waals surface area contributed by atoms with E-state index in [9.17, 15) is 9.00 Å². The Labute approximate surface area is 194 Å². The van der Waals surface area contributed by atoms with Crippen molar-refractivity contribution in [3.63, 3.8) is 0 Å². The molecule has 0 fully saturated rings. The van der Waals surface area contributed by atoms with Gasteiger partial charge in [0.1, 0.15) is 6.04 Å². The van der Waals surface area contributed by atoms with E-state index in [1.807, 2.05) is 74.5 Å². The number of benzene rings is 3. The molecule has 168 valence electrons. The van der Waals surface area contributed by atoms with Crippen molar-refractivity contribution in [3.8, 4) is 11.1 Å². The van der Waals surface area contributed by atoms with E-state index in [2.05, 4.69) is 10.0 Å². The summed E-state index contributed by atoms with van der Waals surface area (Å²) in [6.07, 6.45) is 0. The van der Waals surface area contributed by atoms with Crippen LogP contribution in [0, 0.1) is 13.8 Å². The first-order chi connectivity index (χ1) is 15.3. The molecule has 32 heavy (non-hydrogen) atoms. The zero-order chi connectivity index (χ0) is 23.3. The molecule has 4 N–H and O–H groups in total. The van der Waals surface area contributed by atoms with Gasteiger partial charge in [0.2, 0.25) is 0 Å². The molecular weight excluding hydrogens is 448 g/mol. The summed E-state index contributed by atoms with van der Waals surface area (Å²) < 4.78 is 15.9. The van der Waals surface area contributed by atoms with E-state index in [1.54, 1.807) is 0 Å². The van der Waals surface area contributed by atoms with Gasteiger partial charge in [0, 0.05) is 17.3 Å². The molecule has 0 bridgehead atoms. The fourth-order valence-corrected chi connectivity index (χ4v) is 4.47. The van der Waals surface area contributed by atoms with Gasteiger partial charge >= 0.3 is 5.97 Å². The Bertz CT molecular complexity index is 1140. The van der Waals surface area contributed by atoms with Gasteiger partial charge in [0.25, 0.3) is 0 Å². The zero-order valence-corrected chi connectivity index (χ0v) is 19.3. The molecule has 3 aromatic rings. The van der Waals surface area contributed by atoms with Crippen LogP contribution in [-0.2, 0) is 22.3 Å². The van der Waals surface area contributed by atoms with Gasteiger partial charge in [-0.1, -0.05) is 48.0 Å². The molecule has 0 aromatic heterocycles. The molecule has 0 aliphatic heterocycles. The van der Waals surface area contributed by atoms with Gasteiger partial charge in [-0.15, -0.1) is 0 Å². The summed E-state index contributed by atoms with van der Waals surface area (Å²) in [5.41, 5.74) is 5.29. The lowest BCUT2D eigenvalue weighted by molar-refractivity contribution is -0.140. The molecular formula is C24H25ClN2O4S. The number of halogens is 1. The number of aliphatic carboxylic acids is 1. The Morgan fingerprint density at radius 1 is 1.03 bits per heavy atom. The van der Waals surface area contributed by atoms with Crippen LogP contribution in [0.1, 0.15) is 16.7 Å². The number of carboxylic acid groups (broad SMARTS) is 1. The van der Waals surface area contributed by atoms with Crippen molar-refractivity contribution >= 4 is 34.2 Å². The standard InChI is InChI=1S/C24H25ClN2O4S/c1-15-11-23(16(2)10-21(15)25)32(31)27-20-5-3-4-19(12-20)18-8-6-17(7-9-18)13-26-22(14-28)24(29)30/h3-12,22,26-28H,13-14H2,1-2H3,(H,29,30)/t22-,32?/m1/s1. The van der Waals surface area contributed by atoms with Crippen LogP contribution in [0.3, 0.4) is 0 Å². The summed E-state index contributed by atoms with van der Waals surface area (Å²) in [6, 6.07) is 18.0. The third kappa shape index (κ3) is 5.95. The second-order valence-electron chi connectivity index (χ2n) is 7.47. The van der Waals surface area contributed by atoms with Crippen molar-refractivity contribution in [3.05, 3.63) is 82.4 Å². The molecule has 2 atom stereocenters. The summed E-state index contributed by atoms with van der Waals surface area (Å²) in [4.78, 5) is 11.7. The Kier molecular flexibility index (Phi) is 8.04. The van der Waals surface area contributed by atoms with Crippen molar-refractivity contribution < 1.29 is 19.2 Å². The van der Waals surface area contributed by atoms with Gasteiger partial charge in [0.05, 0.1) is 11.5 Å². The fourth-order valence-electron chi connectivity index (χ4n) is 3.16. The van der Waals surface area contributed by atoms with Gasteiger partial charge in [-0.25, -0.2) is 4.21 Å². The van der Waals surface area contributed by atoms with Crippen molar-refractivity contribution in [2.24, 2.45) is 0 Å². The van der Waals surface area contributed by atoms with Crippen molar-refractivity contribution in [1.82, 2.24) is 5.32 Å². The number of aryl methyl sites for hydroxylation is 2. The van der Waals surface area contributed by atoms with Crippen LogP contribution in [-0.4, -0.2) is 33.0 Å². The maximum Gasteiger partial charge on any atom is 0.323 e. The summed E-state index contributed by atoms with van der Waals surface area (Å²) in [6.45, 7) is 3.63. The maximum atomic E-state index is 12.9. The normalized spacial score (nSPS) is 12.9. The molecule has 0 saturated carbocycles. The van der Waals surface area contributed by atoms with Crippen LogP contribution < -0.4 is 10.0 Å². The molecule has 3 aromatic carbocycles. The van der Waals surface area contributed by atoms with E-state index in [0.29, 0.717) is 16.5 Å². The number of aliphatic hydroxyl groups is 1. The summed E-state index contributed by atoms with van der Waals surface area (Å²) >= 11 is 6.15. The van der Waals surface area contributed by atoms with Crippen LogP contribution in [0.25, 0.3) is 11.1 Å². The lowest BCUT2D eigenvalue weighted by atomic mass is 10.0. The monoisotopic (exact) mass is 472 g/mol. The first kappa shape index (κ1) is 23.9. The van der Waals surface area contributed by atoms with E-state index >= 15 is 0 Å². The van der Waals surface area contributed by atoms with Gasteiger partial charge in [-0.3, -0.25) is 10.1 Å². The number of carboxylic acids is 1. The van der Waals surface area contributed by atoms with Crippen LogP contribution in [0.15, 0.2) is 65.6 Å². The summed E-state index contributed by atoms with van der Waals surface area (Å²) in [7, 11) is -1.43. The van der Waals surface area contributed by atoms with Crippen molar-refractivity contribution in [2.75, 3.05) is 11.3 Å². The van der Waals surface area contributed by atoms with Crippen molar-refractivity contribution in [2.45, 2.75) is 31.3 Å². The summed E-state index contributed by atoms with van der Waals surface area (Å²) in [5, 5.41) is 21.5. The molecule has 0 radical (unpaired) electrons. The van der Waals surface area contributed by atoms with E-state index in [4.69, 9.17) is 21.8 Å². The molecule has 6 nitrogen and oxygen atoms in total. The topological polar surface area (TPSA) is 98.7 Å². The highest BCUT2D eigenvalue weighted by molar-refractivity contribution is 7.86. The van der Waals surface area contributed by atoms with Crippen molar-refractivity contribution in [1.29, 1.82) is 0 Å². The van der Waals surface area contributed by atoms with Crippen LogP contribution in [0.5, 0.6) is 0 Å². The average molecular weight is 473 g/mol. The second kappa shape index (κ2) is 10.7. The molecule has 0 aliphatic carbocycles. The first-order valence-corrected chi connectivity index (χ1v) is 11.5. The molecule has 3 rings (SSSR count). The molecule has 0 amide bonds. The van der Waals surface area contributed by atoms with Gasteiger partial charge in [-0.2, -0.15) is 0 Å². The third-order valence-electron chi connectivity index (χ3n) is 5.05. The first-order valence-electron chi connectivity index (χ1n) is 10.00. The number of nitrogens with one attached hydrogen (secondary N) is 2. The van der Waals surface area contributed by atoms with Crippen LogP contribution in [0.4, 0.5) is 5.69 Å². The number of anilines is 1. The minimum atomic E-state index is -1.43. The third-order valence-corrected chi connectivity index (χ3v) is 6.72. The minimum Gasteiger partial charge on any atom is -0.480 e. The van der Waals surface area contributed by atoms with E-state index in [0.717, 1.165) is 33.5 Å². The molecule has 0 aliphatic rings. The average Bonchev–Trinajstić information content (AvgIpc) is 2.77. The molecule has 8 heteroatoms. The van der Waals surface area contributed by atoms with Gasteiger partial charge < -0.3 is 14.9 Å². The number of carbonyl (C=O) groups is 1. The number of rotatable bonds is 9. The number of hydrogen-bond acceptors (Lipinski definition) is 4. The predicted octanol–water partition coefficient (Wildman–Crippen LogP) is 4.29. The Morgan fingerprint density at radius 2 is 1.75 bits per heavy atom. The fraction of sp³-hybridized carbons (Fsp3) is 0.208. The Hall–Kier alpha value is -2.71. The highest BCUT2D eigenvalue weighted by Gasteiger charge is 2.15. The Balaban J connectivity index is 1.71. The second-order valence-corrected chi connectivity index (χ2v) is 9.06. The molecule has 0 spiro atoms. The quantitative estimate of drug-likeness (QED) is 0.372. The number of hydrogen-bond donors (Lipinski definition) is 4. The smallest absolute Gasteiger partial charge is 0.323 e. The maximum absolute atomic E-state index is 12.9. The molecule has 0 saturated heterocycles. The number of aliphatic hydroxyl groups excluding tert-OH is 1. The zero-order valence-electron chi connectivity index (χ0n) is 17.8. The highest BCUT2D eigenvalue weighted by atomic mass is 35.5. The summed E-state index contributed by atoms with van der Waals surface area (Å²) in [5.74, 6) is -1.09. The van der Waals surface area contributed by atoms with Crippen LogP contribution >= 0.6 is 11.6 Å².